The molecule has 0 radical (unpaired) electrons. The highest BCUT2D eigenvalue weighted by Gasteiger charge is 2.21. The number of aromatic nitrogens is 4. The molecule has 4 aromatic rings. The standard InChI is InChI=1S/C19H17ClN4O4/c1-5-27-19(25)18-22-16(20)15-10-7-13(26-4)11(6-12(10)21-17(15)23-18)14-8(2)24-28-9(14)3/h6-7H,5H2,1-4H3,(H,21,22,23). The number of nitrogens with one attached hydrogen (secondary N) is 1. The summed E-state index contributed by atoms with van der Waals surface area (Å²) in [5, 5.41) is 5.56. The van der Waals surface area contributed by atoms with Crippen molar-refractivity contribution in [3.05, 3.63) is 34.6 Å². The maximum absolute atomic E-state index is 12.0. The van der Waals surface area contributed by atoms with Crippen molar-refractivity contribution < 1.29 is 18.8 Å². The van der Waals surface area contributed by atoms with Gasteiger partial charge in [-0.1, -0.05) is 16.8 Å². The van der Waals surface area contributed by atoms with Crippen LogP contribution in [0.15, 0.2) is 16.7 Å². The third-order valence-corrected chi connectivity index (χ3v) is 4.76. The molecule has 28 heavy (non-hydrogen) atoms. The largest absolute Gasteiger partial charge is 0.496 e. The quantitative estimate of drug-likeness (QED) is 0.404. The summed E-state index contributed by atoms with van der Waals surface area (Å²) in [4.78, 5) is 23.6. The van der Waals surface area contributed by atoms with Crippen molar-refractivity contribution in [2.24, 2.45) is 0 Å². The number of esters is 1. The van der Waals surface area contributed by atoms with Gasteiger partial charge in [0.15, 0.2) is 0 Å². The average Bonchev–Trinajstić information content (AvgIpc) is 3.19. The topological polar surface area (TPSA) is 103 Å². The average molecular weight is 401 g/mol. The van der Waals surface area contributed by atoms with Gasteiger partial charge in [-0.3, -0.25) is 0 Å². The molecule has 0 aliphatic heterocycles. The van der Waals surface area contributed by atoms with E-state index in [-0.39, 0.29) is 17.6 Å². The maximum Gasteiger partial charge on any atom is 0.376 e. The molecule has 0 saturated carbocycles. The number of carbonyl (C=O) groups is 1. The minimum atomic E-state index is -0.626. The second kappa shape index (κ2) is 6.79. The van der Waals surface area contributed by atoms with E-state index >= 15 is 0 Å². The Morgan fingerprint density at radius 3 is 2.71 bits per heavy atom. The summed E-state index contributed by atoms with van der Waals surface area (Å²) in [7, 11) is 1.59. The Kier molecular flexibility index (Phi) is 4.43. The van der Waals surface area contributed by atoms with E-state index in [1.165, 1.54) is 0 Å². The number of benzene rings is 1. The fourth-order valence-electron chi connectivity index (χ4n) is 3.30. The first-order valence-electron chi connectivity index (χ1n) is 8.61. The number of nitrogens with zero attached hydrogens (tertiary/aromatic N) is 3. The third-order valence-electron chi connectivity index (χ3n) is 4.49. The summed E-state index contributed by atoms with van der Waals surface area (Å²) >= 11 is 6.37. The first-order valence-corrected chi connectivity index (χ1v) is 8.99. The molecule has 1 aromatic carbocycles. The molecule has 0 unspecified atom stereocenters. The Morgan fingerprint density at radius 2 is 2.07 bits per heavy atom. The third kappa shape index (κ3) is 2.77. The molecule has 0 saturated heterocycles. The highest BCUT2D eigenvalue weighted by molar-refractivity contribution is 6.36. The van der Waals surface area contributed by atoms with Gasteiger partial charge in [-0.15, -0.1) is 0 Å². The zero-order valence-electron chi connectivity index (χ0n) is 15.7. The zero-order chi connectivity index (χ0) is 20.0. The van der Waals surface area contributed by atoms with Gasteiger partial charge in [-0.25, -0.2) is 14.8 Å². The highest BCUT2D eigenvalue weighted by atomic mass is 35.5. The van der Waals surface area contributed by atoms with Crippen molar-refractivity contribution >= 4 is 39.5 Å². The normalized spacial score (nSPS) is 11.3. The monoisotopic (exact) mass is 400 g/mol. The van der Waals surface area contributed by atoms with E-state index in [0.29, 0.717) is 22.5 Å². The number of aryl methyl sites for hydroxylation is 2. The smallest absolute Gasteiger partial charge is 0.376 e. The molecule has 0 aliphatic carbocycles. The number of methoxy groups -OCH3 is 1. The van der Waals surface area contributed by atoms with E-state index in [2.05, 4.69) is 20.1 Å². The maximum atomic E-state index is 12.0. The van der Waals surface area contributed by atoms with Crippen LogP contribution < -0.4 is 4.74 Å². The van der Waals surface area contributed by atoms with Crippen LogP contribution >= 0.6 is 11.6 Å². The number of H-pyrrole nitrogens is 1. The van der Waals surface area contributed by atoms with Crippen molar-refractivity contribution in [3.8, 4) is 16.9 Å². The molecule has 3 heterocycles. The van der Waals surface area contributed by atoms with E-state index in [0.717, 1.165) is 27.7 Å². The first kappa shape index (κ1) is 18.2. The molecule has 0 aliphatic rings. The van der Waals surface area contributed by atoms with Crippen LogP contribution in [0.2, 0.25) is 5.15 Å². The predicted octanol–water partition coefficient (Wildman–Crippen LogP) is 4.22. The van der Waals surface area contributed by atoms with Crippen LogP contribution in [0.3, 0.4) is 0 Å². The minimum Gasteiger partial charge on any atom is -0.496 e. The Bertz CT molecular complexity index is 1210. The first-order chi connectivity index (χ1) is 13.4. The number of rotatable bonds is 4. The lowest BCUT2D eigenvalue weighted by Crippen LogP contribution is -2.09. The summed E-state index contributed by atoms with van der Waals surface area (Å²) in [5.41, 5.74) is 3.65. The molecule has 0 spiro atoms. The van der Waals surface area contributed by atoms with Crippen molar-refractivity contribution in [1.29, 1.82) is 0 Å². The van der Waals surface area contributed by atoms with Crippen LogP contribution in [-0.4, -0.2) is 39.8 Å². The van der Waals surface area contributed by atoms with Crippen LogP contribution in [0.1, 0.15) is 29.0 Å². The molecule has 9 heteroatoms. The SMILES string of the molecule is CCOC(=O)c1nc(Cl)c2c(n1)[nH]c1cc(-c3c(C)noc3C)c(OC)cc12. The van der Waals surface area contributed by atoms with Crippen LogP contribution in [0.4, 0.5) is 0 Å². The summed E-state index contributed by atoms with van der Waals surface area (Å²) in [6.07, 6.45) is 0. The van der Waals surface area contributed by atoms with Crippen molar-refractivity contribution in [2.45, 2.75) is 20.8 Å². The summed E-state index contributed by atoms with van der Waals surface area (Å²) < 4.78 is 15.9. The van der Waals surface area contributed by atoms with Gasteiger partial charge in [0, 0.05) is 16.5 Å². The van der Waals surface area contributed by atoms with Crippen molar-refractivity contribution in [2.75, 3.05) is 13.7 Å². The number of fused-ring (bicyclic) bond motifs is 3. The Hall–Kier alpha value is -3.13. The number of hydrogen-bond donors (Lipinski definition) is 1. The van der Waals surface area contributed by atoms with Gasteiger partial charge < -0.3 is 19.0 Å². The number of aromatic amines is 1. The highest BCUT2D eigenvalue weighted by Crippen LogP contribution is 2.40. The van der Waals surface area contributed by atoms with Crippen molar-refractivity contribution in [1.82, 2.24) is 20.1 Å². The van der Waals surface area contributed by atoms with E-state index in [4.69, 9.17) is 25.6 Å². The lowest BCUT2D eigenvalue weighted by Gasteiger charge is -2.09. The number of ether oxygens (including phenoxy) is 2. The lowest BCUT2D eigenvalue weighted by atomic mass is 10.0. The molecule has 8 nitrogen and oxygen atoms in total. The fraction of sp³-hybridized carbons (Fsp3) is 0.263. The molecule has 1 N–H and O–H groups in total. The van der Waals surface area contributed by atoms with Crippen LogP contribution in [0.25, 0.3) is 33.1 Å². The van der Waals surface area contributed by atoms with Gasteiger partial charge in [-0.05, 0) is 32.9 Å². The molecule has 0 atom stereocenters. The molecule has 0 fully saturated rings. The number of halogens is 1. The Balaban J connectivity index is 1.99. The van der Waals surface area contributed by atoms with Crippen molar-refractivity contribution in [3.63, 3.8) is 0 Å². The summed E-state index contributed by atoms with van der Waals surface area (Å²) in [6, 6.07) is 3.78. The number of hydrogen-bond acceptors (Lipinski definition) is 7. The molecule has 144 valence electrons. The zero-order valence-corrected chi connectivity index (χ0v) is 16.5. The molecule has 4 rings (SSSR count). The Labute approximate surface area is 164 Å². The second-order valence-electron chi connectivity index (χ2n) is 6.20. The van der Waals surface area contributed by atoms with Crippen LogP contribution in [0.5, 0.6) is 5.75 Å². The number of carbonyl (C=O) groups excluding carboxylic acids is 1. The van der Waals surface area contributed by atoms with Gasteiger partial charge in [0.05, 0.1) is 30.4 Å². The Morgan fingerprint density at radius 1 is 1.29 bits per heavy atom. The van der Waals surface area contributed by atoms with Gasteiger partial charge >= 0.3 is 5.97 Å². The van der Waals surface area contributed by atoms with Crippen LogP contribution in [-0.2, 0) is 4.74 Å². The minimum absolute atomic E-state index is 0.0937. The van der Waals surface area contributed by atoms with Gasteiger partial charge in [0.25, 0.3) is 0 Å². The van der Waals surface area contributed by atoms with E-state index in [1.807, 2.05) is 26.0 Å². The van der Waals surface area contributed by atoms with Gasteiger partial charge in [0.1, 0.15) is 22.3 Å². The van der Waals surface area contributed by atoms with E-state index < -0.39 is 5.97 Å². The molecular weight excluding hydrogens is 384 g/mol. The van der Waals surface area contributed by atoms with Gasteiger partial charge in [-0.2, -0.15) is 0 Å². The molecular formula is C19H17ClN4O4. The fourth-order valence-corrected chi connectivity index (χ4v) is 3.57. The summed E-state index contributed by atoms with van der Waals surface area (Å²) in [5.74, 6) is 0.602. The molecule has 0 bridgehead atoms. The van der Waals surface area contributed by atoms with E-state index in [9.17, 15) is 4.79 Å². The molecule has 3 aromatic heterocycles. The summed E-state index contributed by atoms with van der Waals surface area (Å²) in [6.45, 7) is 5.65. The lowest BCUT2D eigenvalue weighted by molar-refractivity contribution is 0.0512. The molecule has 0 amide bonds. The van der Waals surface area contributed by atoms with Crippen LogP contribution in [0, 0.1) is 13.8 Å². The van der Waals surface area contributed by atoms with E-state index in [1.54, 1.807) is 14.0 Å². The van der Waals surface area contributed by atoms with Gasteiger partial charge in [0.2, 0.25) is 5.82 Å². The second-order valence-corrected chi connectivity index (χ2v) is 6.56. The predicted molar refractivity (Wildman–Crippen MR) is 104 cm³/mol.